The van der Waals surface area contributed by atoms with Crippen LogP contribution in [-0.2, 0) is 4.74 Å². The topological polar surface area (TPSA) is 29.5 Å². The zero-order valence-corrected chi connectivity index (χ0v) is 19.4. The summed E-state index contributed by atoms with van der Waals surface area (Å²) in [5.74, 6) is 2.82. The van der Waals surface area contributed by atoms with Gasteiger partial charge in [0.2, 0.25) is 0 Å². The fourth-order valence-corrected chi connectivity index (χ4v) is 2.69. The van der Waals surface area contributed by atoms with Crippen molar-refractivity contribution in [2.75, 3.05) is 6.61 Å². The Hall–Kier alpha value is -2.60. The Bertz CT molecular complexity index is 893. The molecule has 0 radical (unpaired) electrons. The molecule has 0 fully saturated rings. The number of allylic oxidation sites excluding steroid dienone is 6. The van der Waals surface area contributed by atoms with Crippen LogP contribution in [0, 0.1) is 12.3 Å². The lowest BCUT2D eigenvalue weighted by atomic mass is 9.89. The van der Waals surface area contributed by atoms with E-state index in [1.807, 2.05) is 57.2 Å². The highest BCUT2D eigenvalue weighted by molar-refractivity contribution is 5.88. The standard InChI is InChI=1S/C28H36O2/c1-10-15-25(23(11-2)12-3)26-17-14-13-16-24(26)22(5)19-18-21(4)20-30-28(8,9)27(6,7)29/h2,10,13-19,29H,4-5,12,20H2,1,3,6-9H3/b15-10-,19-18-,25-23-. The number of rotatable bonds is 10. The first-order chi connectivity index (χ1) is 14.0. The molecule has 0 bridgehead atoms. The quantitative estimate of drug-likeness (QED) is 0.345. The van der Waals surface area contributed by atoms with E-state index in [4.69, 9.17) is 11.2 Å². The summed E-state index contributed by atoms with van der Waals surface area (Å²) >= 11 is 0. The predicted molar refractivity (Wildman–Crippen MR) is 131 cm³/mol. The maximum Gasteiger partial charge on any atom is 0.0911 e. The van der Waals surface area contributed by atoms with Gasteiger partial charge in [0.05, 0.1) is 17.8 Å². The fraction of sp³-hybridized carbons (Fsp3) is 0.357. The van der Waals surface area contributed by atoms with Crippen LogP contribution in [-0.4, -0.2) is 22.9 Å². The van der Waals surface area contributed by atoms with Crippen molar-refractivity contribution in [2.24, 2.45) is 0 Å². The first-order valence-corrected chi connectivity index (χ1v) is 10.3. The molecule has 160 valence electrons. The van der Waals surface area contributed by atoms with Gasteiger partial charge in [0.25, 0.3) is 0 Å². The molecule has 0 aliphatic rings. The molecular formula is C28H36O2. The van der Waals surface area contributed by atoms with Crippen molar-refractivity contribution in [2.45, 2.75) is 59.2 Å². The van der Waals surface area contributed by atoms with Gasteiger partial charge in [-0.15, -0.1) is 6.42 Å². The van der Waals surface area contributed by atoms with E-state index in [1.165, 1.54) is 0 Å². The summed E-state index contributed by atoms with van der Waals surface area (Å²) in [6, 6.07) is 8.12. The van der Waals surface area contributed by atoms with E-state index >= 15 is 0 Å². The van der Waals surface area contributed by atoms with E-state index in [0.717, 1.165) is 39.8 Å². The van der Waals surface area contributed by atoms with Crippen LogP contribution in [0.5, 0.6) is 0 Å². The van der Waals surface area contributed by atoms with Crippen LogP contribution < -0.4 is 0 Å². The molecule has 1 N–H and O–H groups in total. The summed E-state index contributed by atoms with van der Waals surface area (Å²) in [5.41, 5.74) is 4.11. The first-order valence-electron chi connectivity index (χ1n) is 10.3. The molecule has 1 aromatic carbocycles. The number of hydrogen-bond donors (Lipinski definition) is 1. The van der Waals surface area contributed by atoms with Crippen LogP contribution in [0.2, 0.25) is 0 Å². The maximum absolute atomic E-state index is 10.2. The van der Waals surface area contributed by atoms with Gasteiger partial charge in [0.15, 0.2) is 0 Å². The summed E-state index contributed by atoms with van der Waals surface area (Å²) in [6.07, 6.45) is 14.4. The predicted octanol–water partition coefficient (Wildman–Crippen LogP) is 6.75. The van der Waals surface area contributed by atoms with Crippen molar-refractivity contribution < 1.29 is 9.84 Å². The summed E-state index contributed by atoms with van der Waals surface area (Å²) in [6.45, 7) is 19.9. The van der Waals surface area contributed by atoms with Gasteiger partial charge in [-0.05, 0) is 68.9 Å². The molecule has 0 saturated carbocycles. The Labute approximate surface area is 183 Å². The minimum Gasteiger partial charge on any atom is -0.387 e. The molecule has 0 aliphatic heterocycles. The lowest BCUT2D eigenvalue weighted by Crippen LogP contribution is -2.47. The van der Waals surface area contributed by atoms with Crippen molar-refractivity contribution in [3.05, 3.63) is 84.0 Å². The smallest absolute Gasteiger partial charge is 0.0911 e. The number of ether oxygens (including phenoxy) is 1. The third kappa shape index (κ3) is 6.73. The molecule has 30 heavy (non-hydrogen) atoms. The van der Waals surface area contributed by atoms with Gasteiger partial charge in [-0.3, -0.25) is 0 Å². The lowest BCUT2D eigenvalue weighted by Gasteiger charge is -2.37. The monoisotopic (exact) mass is 404 g/mol. The molecule has 0 spiro atoms. The summed E-state index contributed by atoms with van der Waals surface area (Å²) in [5, 5.41) is 10.2. The molecule has 0 heterocycles. The highest BCUT2D eigenvalue weighted by Gasteiger charge is 2.35. The lowest BCUT2D eigenvalue weighted by molar-refractivity contribution is -0.141. The zero-order chi connectivity index (χ0) is 22.9. The number of benzene rings is 1. The minimum atomic E-state index is -0.955. The largest absolute Gasteiger partial charge is 0.387 e. The number of hydrogen-bond acceptors (Lipinski definition) is 2. The number of terminal acetylenes is 1. The Morgan fingerprint density at radius 1 is 1.10 bits per heavy atom. The van der Waals surface area contributed by atoms with Gasteiger partial charge >= 0.3 is 0 Å². The van der Waals surface area contributed by atoms with Crippen molar-refractivity contribution in [3.8, 4) is 12.3 Å². The van der Waals surface area contributed by atoms with Gasteiger partial charge in [-0.2, -0.15) is 0 Å². The third-order valence-electron chi connectivity index (χ3n) is 5.36. The van der Waals surface area contributed by atoms with Crippen molar-refractivity contribution >= 4 is 11.1 Å². The van der Waals surface area contributed by atoms with Crippen LogP contribution in [0.4, 0.5) is 0 Å². The van der Waals surface area contributed by atoms with E-state index in [0.29, 0.717) is 6.61 Å². The molecule has 0 atom stereocenters. The highest BCUT2D eigenvalue weighted by atomic mass is 16.5. The van der Waals surface area contributed by atoms with Crippen LogP contribution in [0.25, 0.3) is 11.1 Å². The molecule has 1 aromatic rings. The molecule has 2 heteroatoms. The zero-order valence-electron chi connectivity index (χ0n) is 19.4. The highest BCUT2D eigenvalue weighted by Crippen LogP contribution is 2.30. The maximum atomic E-state index is 10.2. The van der Waals surface area contributed by atoms with E-state index in [2.05, 4.69) is 38.1 Å². The third-order valence-corrected chi connectivity index (χ3v) is 5.36. The van der Waals surface area contributed by atoms with E-state index in [1.54, 1.807) is 13.8 Å². The van der Waals surface area contributed by atoms with Crippen LogP contribution in [0.15, 0.2) is 72.9 Å². The average molecular weight is 405 g/mol. The van der Waals surface area contributed by atoms with Crippen LogP contribution >= 0.6 is 0 Å². The Balaban J connectivity index is 3.11. The Kier molecular flexibility index (Phi) is 9.30. The van der Waals surface area contributed by atoms with Gasteiger partial charge in [-0.1, -0.05) is 74.6 Å². The van der Waals surface area contributed by atoms with E-state index in [-0.39, 0.29) is 0 Å². The molecule has 0 saturated heterocycles. The van der Waals surface area contributed by atoms with E-state index < -0.39 is 11.2 Å². The van der Waals surface area contributed by atoms with Gasteiger partial charge in [0, 0.05) is 5.57 Å². The minimum absolute atomic E-state index is 0.323. The SMILES string of the molecule is C#C/C(CC)=C(\C=C/C)c1ccccc1C(=C)/C=C\C(=C)COC(C)(C)C(C)(C)O. The van der Waals surface area contributed by atoms with Crippen molar-refractivity contribution in [1.82, 2.24) is 0 Å². The second-order valence-corrected chi connectivity index (χ2v) is 8.31. The molecule has 0 unspecified atom stereocenters. The molecular weight excluding hydrogens is 368 g/mol. The molecule has 0 aromatic heterocycles. The van der Waals surface area contributed by atoms with Gasteiger partial charge in [-0.25, -0.2) is 0 Å². The van der Waals surface area contributed by atoms with Crippen LogP contribution in [0.3, 0.4) is 0 Å². The molecule has 2 nitrogen and oxygen atoms in total. The van der Waals surface area contributed by atoms with Crippen molar-refractivity contribution in [1.29, 1.82) is 0 Å². The summed E-state index contributed by atoms with van der Waals surface area (Å²) in [7, 11) is 0. The normalized spacial score (nSPS) is 13.4. The molecule has 0 aliphatic carbocycles. The number of aliphatic hydroxyl groups is 1. The Morgan fingerprint density at radius 2 is 1.70 bits per heavy atom. The average Bonchev–Trinajstić information content (AvgIpc) is 2.70. The fourth-order valence-electron chi connectivity index (χ4n) is 2.69. The van der Waals surface area contributed by atoms with Gasteiger partial charge in [0.1, 0.15) is 0 Å². The molecule has 0 amide bonds. The van der Waals surface area contributed by atoms with E-state index in [9.17, 15) is 5.11 Å². The second kappa shape index (κ2) is 11.0. The summed E-state index contributed by atoms with van der Waals surface area (Å²) in [4.78, 5) is 0. The Morgan fingerprint density at radius 3 is 2.20 bits per heavy atom. The van der Waals surface area contributed by atoms with Gasteiger partial charge < -0.3 is 9.84 Å². The molecule has 1 rings (SSSR count). The second-order valence-electron chi connectivity index (χ2n) is 8.31. The van der Waals surface area contributed by atoms with Crippen molar-refractivity contribution in [3.63, 3.8) is 0 Å². The summed E-state index contributed by atoms with van der Waals surface area (Å²) < 4.78 is 5.88. The first kappa shape index (κ1) is 25.4. The van der Waals surface area contributed by atoms with Crippen LogP contribution in [0.1, 0.15) is 59.1 Å².